The van der Waals surface area contributed by atoms with E-state index < -0.39 is 0 Å². The minimum Gasteiger partial charge on any atom is -0.298 e. The van der Waals surface area contributed by atoms with Gasteiger partial charge in [-0.3, -0.25) is 14.6 Å². The van der Waals surface area contributed by atoms with Gasteiger partial charge in [0.2, 0.25) is 0 Å². The fraction of sp³-hybridized carbons (Fsp3) is 0.727. The quantitative estimate of drug-likeness (QED) is 0.572. The van der Waals surface area contributed by atoms with Crippen molar-refractivity contribution < 1.29 is 0 Å². The molecule has 0 bridgehead atoms. The van der Waals surface area contributed by atoms with E-state index in [0.717, 1.165) is 12.8 Å². The van der Waals surface area contributed by atoms with Gasteiger partial charge in [-0.15, -0.1) is 4.91 Å². The third-order valence-electron chi connectivity index (χ3n) is 2.68. The molecule has 1 heterocycles. The predicted octanol–water partition coefficient (Wildman–Crippen LogP) is 2.85. The number of hydrogen-bond donors (Lipinski definition) is 1. The maximum atomic E-state index is 11.6. The molecule has 16 heavy (non-hydrogen) atoms. The highest BCUT2D eigenvalue weighted by atomic mass is 16.3. The van der Waals surface area contributed by atoms with Crippen molar-refractivity contribution in [2.24, 2.45) is 5.18 Å². The van der Waals surface area contributed by atoms with E-state index in [9.17, 15) is 9.70 Å². The molecule has 1 rings (SSSR count). The predicted molar refractivity (Wildman–Crippen MR) is 64.0 cm³/mol. The number of H-pyrrole nitrogens is 1. The summed E-state index contributed by atoms with van der Waals surface area (Å²) in [6.45, 7) is 4.49. The van der Waals surface area contributed by atoms with Gasteiger partial charge in [0, 0.05) is 6.54 Å². The first kappa shape index (κ1) is 12.7. The van der Waals surface area contributed by atoms with Crippen molar-refractivity contribution in [2.45, 2.75) is 52.5 Å². The average Bonchev–Trinajstić information content (AvgIpc) is 2.53. The highest BCUT2D eigenvalue weighted by molar-refractivity contribution is 5.38. The third kappa shape index (κ3) is 3.05. The monoisotopic (exact) mass is 225 g/mol. The Morgan fingerprint density at radius 2 is 1.94 bits per heavy atom. The van der Waals surface area contributed by atoms with E-state index in [1.54, 1.807) is 6.92 Å². The molecule has 1 N–H and O–H groups in total. The van der Waals surface area contributed by atoms with Gasteiger partial charge in [-0.2, -0.15) is 0 Å². The molecular formula is C11H19N3O2. The molecule has 0 aliphatic rings. The number of nitrogens with zero attached hydrogens (tertiary/aromatic N) is 2. The summed E-state index contributed by atoms with van der Waals surface area (Å²) in [5.41, 5.74) is 0.255. The van der Waals surface area contributed by atoms with Gasteiger partial charge in [-0.25, -0.2) is 0 Å². The minimum absolute atomic E-state index is 0.00792. The van der Waals surface area contributed by atoms with Crippen molar-refractivity contribution in [3.05, 3.63) is 21.0 Å². The van der Waals surface area contributed by atoms with Gasteiger partial charge in [0.05, 0.1) is 5.69 Å². The molecule has 0 unspecified atom stereocenters. The van der Waals surface area contributed by atoms with Gasteiger partial charge in [0.25, 0.3) is 5.56 Å². The largest absolute Gasteiger partial charge is 0.298 e. The Morgan fingerprint density at radius 1 is 1.25 bits per heavy atom. The molecule has 0 aliphatic heterocycles. The Bertz CT molecular complexity index is 392. The van der Waals surface area contributed by atoms with E-state index in [2.05, 4.69) is 17.2 Å². The van der Waals surface area contributed by atoms with E-state index >= 15 is 0 Å². The van der Waals surface area contributed by atoms with Crippen molar-refractivity contribution in [1.82, 2.24) is 9.78 Å². The SMILES string of the molecule is CCCCCCCn1[nH]c(C)c(N=O)c1=O. The average molecular weight is 225 g/mol. The number of hydrogen-bond acceptors (Lipinski definition) is 3. The van der Waals surface area contributed by atoms with E-state index in [-0.39, 0.29) is 11.2 Å². The van der Waals surface area contributed by atoms with E-state index in [1.165, 1.54) is 23.9 Å². The number of aromatic nitrogens is 2. The van der Waals surface area contributed by atoms with Crippen molar-refractivity contribution in [3.63, 3.8) is 0 Å². The number of nitrogens with one attached hydrogen (secondary N) is 1. The van der Waals surface area contributed by atoms with Crippen LogP contribution in [0, 0.1) is 11.8 Å². The number of aryl methyl sites for hydroxylation is 2. The molecule has 0 saturated heterocycles. The van der Waals surface area contributed by atoms with E-state index in [4.69, 9.17) is 0 Å². The zero-order chi connectivity index (χ0) is 12.0. The molecule has 1 aromatic heterocycles. The second-order valence-corrected chi connectivity index (χ2v) is 4.05. The van der Waals surface area contributed by atoms with Crippen LogP contribution in [0.2, 0.25) is 0 Å². The standard InChI is InChI=1S/C11H19N3O2/c1-3-4-5-6-7-8-14-11(15)10(13-16)9(2)12-14/h12H,3-8H2,1-2H3. The zero-order valence-electron chi connectivity index (χ0n) is 9.95. The molecule has 0 radical (unpaired) electrons. The Kier molecular flexibility index (Phi) is 4.95. The van der Waals surface area contributed by atoms with Crippen LogP contribution in [0.25, 0.3) is 0 Å². The highest BCUT2D eigenvalue weighted by Crippen LogP contribution is 2.10. The van der Waals surface area contributed by atoms with E-state index in [0.29, 0.717) is 12.2 Å². The number of rotatable bonds is 7. The molecule has 90 valence electrons. The second-order valence-electron chi connectivity index (χ2n) is 4.05. The molecule has 0 spiro atoms. The maximum absolute atomic E-state index is 11.6. The summed E-state index contributed by atoms with van der Waals surface area (Å²) in [5.74, 6) is 0. The summed E-state index contributed by atoms with van der Waals surface area (Å²) >= 11 is 0. The second kappa shape index (κ2) is 6.25. The molecule has 0 atom stereocenters. The molecular weight excluding hydrogens is 206 g/mol. The Hall–Kier alpha value is -1.39. The number of aromatic amines is 1. The summed E-state index contributed by atoms with van der Waals surface area (Å²) in [6, 6.07) is 0. The van der Waals surface area contributed by atoms with Crippen LogP contribution >= 0.6 is 0 Å². The molecule has 0 aromatic carbocycles. The van der Waals surface area contributed by atoms with Gasteiger partial charge in [-0.05, 0) is 18.5 Å². The normalized spacial score (nSPS) is 10.6. The Morgan fingerprint density at radius 3 is 2.50 bits per heavy atom. The summed E-state index contributed by atoms with van der Waals surface area (Å²) in [7, 11) is 0. The lowest BCUT2D eigenvalue weighted by molar-refractivity contribution is 0.521. The van der Waals surface area contributed by atoms with Crippen LogP contribution in [0.15, 0.2) is 9.97 Å². The lowest BCUT2D eigenvalue weighted by atomic mass is 10.1. The first-order chi connectivity index (χ1) is 7.70. The molecule has 5 nitrogen and oxygen atoms in total. The zero-order valence-corrected chi connectivity index (χ0v) is 9.95. The highest BCUT2D eigenvalue weighted by Gasteiger charge is 2.10. The van der Waals surface area contributed by atoms with Crippen LogP contribution in [0.3, 0.4) is 0 Å². The first-order valence-electron chi connectivity index (χ1n) is 5.83. The van der Waals surface area contributed by atoms with Crippen molar-refractivity contribution >= 4 is 5.69 Å². The summed E-state index contributed by atoms with van der Waals surface area (Å²) < 4.78 is 1.47. The fourth-order valence-corrected chi connectivity index (χ4v) is 1.73. The van der Waals surface area contributed by atoms with Crippen LogP contribution in [0.1, 0.15) is 44.7 Å². The van der Waals surface area contributed by atoms with Crippen molar-refractivity contribution in [2.75, 3.05) is 0 Å². The van der Waals surface area contributed by atoms with Crippen LogP contribution in [-0.4, -0.2) is 9.78 Å². The van der Waals surface area contributed by atoms with Crippen molar-refractivity contribution in [1.29, 1.82) is 0 Å². The topological polar surface area (TPSA) is 67.2 Å². The van der Waals surface area contributed by atoms with Crippen LogP contribution in [0.5, 0.6) is 0 Å². The maximum Gasteiger partial charge on any atom is 0.296 e. The molecule has 0 fully saturated rings. The Labute approximate surface area is 94.8 Å². The van der Waals surface area contributed by atoms with E-state index in [1.807, 2.05) is 0 Å². The van der Waals surface area contributed by atoms with Gasteiger partial charge >= 0.3 is 0 Å². The van der Waals surface area contributed by atoms with Gasteiger partial charge < -0.3 is 0 Å². The molecule has 0 saturated carbocycles. The van der Waals surface area contributed by atoms with Gasteiger partial charge in [-0.1, -0.05) is 32.6 Å². The molecule has 0 aliphatic carbocycles. The van der Waals surface area contributed by atoms with Crippen molar-refractivity contribution in [3.8, 4) is 0 Å². The van der Waals surface area contributed by atoms with Crippen LogP contribution < -0.4 is 5.56 Å². The first-order valence-corrected chi connectivity index (χ1v) is 5.83. The smallest absolute Gasteiger partial charge is 0.296 e. The molecule has 1 aromatic rings. The lowest BCUT2D eigenvalue weighted by Gasteiger charge is -2.01. The van der Waals surface area contributed by atoms with Gasteiger partial charge in [0.15, 0.2) is 5.69 Å². The Balaban J connectivity index is 2.49. The van der Waals surface area contributed by atoms with Gasteiger partial charge in [0.1, 0.15) is 0 Å². The fourth-order valence-electron chi connectivity index (χ4n) is 1.73. The summed E-state index contributed by atoms with van der Waals surface area (Å²) in [6.07, 6.45) is 5.71. The number of unbranched alkanes of at least 4 members (excludes halogenated alkanes) is 4. The summed E-state index contributed by atoms with van der Waals surface area (Å²) in [4.78, 5) is 22.0. The minimum atomic E-state index is -0.303. The molecule has 5 heteroatoms. The van der Waals surface area contributed by atoms with Crippen LogP contribution in [0.4, 0.5) is 5.69 Å². The lowest BCUT2D eigenvalue weighted by Crippen LogP contribution is -2.16. The molecule has 0 amide bonds. The summed E-state index contributed by atoms with van der Waals surface area (Å²) in [5, 5.41) is 5.60. The van der Waals surface area contributed by atoms with Crippen LogP contribution in [-0.2, 0) is 6.54 Å². The number of nitroso groups, excluding NO2 is 1. The third-order valence-corrected chi connectivity index (χ3v) is 2.68.